The number of hydrogen-bond donors (Lipinski definition) is 0. The van der Waals surface area contributed by atoms with Crippen LogP contribution in [0, 0.1) is 0 Å². The van der Waals surface area contributed by atoms with Crippen LogP contribution in [0.2, 0.25) is 0 Å². The van der Waals surface area contributed by atoms with Crippen molar-refractivity contribution in [3.05, 3.63) is 47.9 Å². The highest BCUT2D eigenvalue weighted by Gasteiger charge is 2.35. The highest BCUT2D eigenvalue weighted by Crippen LogP contribution is 2.30. The van der Waals surface area contributed by atoms with E-state index in [0.717, 1.165) is 17.0 Å². The van der Waals surface area contributed by atoms with Gasteiger partial charge in [0.05, 0.1) is 11.6 Å². The quantitative estimate of drug-likeness (QED) is 0.689. The average Bonchev–Trinajstić information content (AvgIpc) is 3.25. The smallest absolute Gasteiger partial charge is 0.337 e. The van der Waals surface area contributed by atoms with E-state index in [1.807, 2.05) is 24.3 Å². The maximum Gasteiger partial charge on any atom is 0.435 e. The van der Waals surface area contributed by atoms with Gasteiger partial charge in [-0.15, -0.1) is 0 Å². The molecule has 0 bridgehead atoms. The van der Waals surface area contributed by atoms with Crippen LogP contribution in [0.3, 0.4) is 0 Å². The molecule has 0 N–H and O–H groups in total. The van der Waals surface area contributed by atoms with E-state index in [2.05, 4.69) is 10.2 Å². The molecule has 0 spiro atoms. The Morgan fingerprint density at radius 2 is 1.81 bits per heavy atom. The monoisotopic (exact) mass is 377 g/mol. The lowest BCUT2D eigenvalue weighted by molar-refractivity contribution is -0.141. The van der Waals surface area contributed by atoms with E-state index in [0.29, 0.717) is 31.6 Å². The summed E-state index contributed by atoms with van der Waals surface area (Å²) < 4.78 is 41.1. The van der Waals surface area contributed by atoms with Crippen molar-refractivity contribution < 1.29 is 18.0 Å². The standard InChI is InChI=1S/C18H18F3N5O/c1-24-16(13-4-2-3-5-14(13)22-24)17(27)25-9-6-12(7-10-25)26-11-8-15(23-26)18(19,20)21/h2-5,8,11-12H,6-7,9-10H2,1H3. The number of carbonyl (C=O) groups excluding carboxylic acids is 1. The van der Waals surface area contributed by atoms with Crippen molar-refractivity contribution in [2.75, 3.05) is 13.1 Å². The molecule has 0 aliphatic carbocycles. The van der Waals surface area contributed by atoms with Crippen LogP contribution in [0.5, 0.6) is 0 Å². The molecule has 142 valence electrons. The Hall–Kier alpha value is -2.84. The van der Waals surface area contributed by atoms with Crippen LogP contribution in [-0.4, -0.2) is 43.5 Å². The van der Waals surface area contributed by atoms with Gasteiger partial charge < -0.3 is 4.90 Å². The highest BCUT2D eigenvalue weighted by atomic mass is 19.4. The number of fused-ring (bicyclic) bond motifs is 1. The summed E-state index contributed by atoms with van der Waals surface area (Å²) in [7, 11) is 1.74. The van der Waals surface area contributed by atoms with Crippen LogP contribution >= 0.6 is 0 Å². The molecule has 27 heavy (non-hydrogen) atoms. The first-order valence-electron chi connectivity index (χ1n) is 8.68. The van der Waals surface area contributed by atoms with Crippen LogP contribution in [-0.2, 0) is 13.2 Å². The van der Waals surface area contributed by atoms with Gasteiger partial charge in [-0.3, -0.25) is 14.2 Å². The summed E-state index contributed by atoms with van der Waals surface area (Å²) in [5, 5.41) is 8.82. The third kappa shape index (κ3) is 3.17. The van der Waals surface area contributed by atoms with Crippen LogP contribution in [0.25, 0.3) is 10.9 Å². The molecule has 1 aliphatic heterocycles. The zero-order valence-electron chi connectivity index (χ0n) is 14.6. The maximum absolute atomic E-state index is 13.0. The van der Waals surface area contributed by atoms with E-state index in [4.69, 9.17) is 0 Å². The highest BCUT2D eigenvalue weighted by molar-refractivity contribution is 6.05. The van der Waals surface area contributed by atoms with E-state index in [9.17, 15) is 18.0 Å². The number of aryl methyl sites for hydroxylation is 1. The van der Waals surface area contributed by atoms with Gasteiger partial charge in [-0.1, -0.05) is 18.2 Å². The number of alkyl halides is 3. The minimum atomic E-state index is -4.44. The van der Waals surface area contributed by atoms with Gasteiger partial charge in [0, 0.05) is 31.7 Å². The van der Waals surface area contributed by atoms with Gasteiger partial charge in [0.25, 0.3) is 5.91 Å². The van der Waals surface area contributed by atoms with Crippen molar-refractivity contribution in [1.29, 1.82) is 0 Å². The molecule has 1 aliphatic rings. The molecule has 0 radical (unpaired) electrons. The molecular formula is C18H18F3N5O. The topological polar surface area (TPSA) is 56.0 Å². The predicted molar refractivity (Wildman–Crippen MR) is 92.1 cm³/mol. The largest absolute Gasteiger partial charge is 0.435 e. The lowest BCUT2D eigenvalue weighted by atomic mass is 10.0. The van der Waals surface area contributed by atoms with Gasteiger partial charge in [-0.05, 0) is 25.0 Å². The van der Waals surface area contributed by atoms with Crippen molar-refractivity contribution in [3.8, 4) is 0 Å². The lowest BCUT2D eigenvalue weighted by Gasteiger charge is -2.32. The third-order valence-electron chi connectivity index (χ3n) is 4.97. The van der Waals surface area contributed by atoms with Gasteiger partial charge in [0.1, 0.15) is 5.69 Å². The van der Waals surface area contributed by atoms with Crippen molar-refractivity contribution in [2.24, 2.45) is 7.05 Å². The molecule has 1 saturated heterocycles. The number of amides is 1. The third-order valence-corrected chi connectivity index (χ3v) is 4.97. The Labute approximate surface area is 153 Å². The molecule has 0 atom stereocenters. The summed E-state index contributed by atoms with van der Waals surface area (Å²) in [6.45, 7) is 0.925. The summed E-state index contributed by atoms with van der Waals surface area (Å²) >= 11 is 0. The van der Waals surface area contributed by atoms with Crippen molar-refractivity contribution in [2.45, 2.75) is 25.1 Å². The van der Waals surface area contributed by atoms with E-state index < -0.39 is 11.9 Å². The number of rotatable bonds is 2. The number of benzene rings is 1. The molecule has 0 unspecified atom stereocenters. The van der Waals surface area contributed by atoms with E-state index in [1.54, 1.807) is 16.6 Å². The number of halogens is 3. The first kappa shape index (κ1) is 17.6. The van der Waals surface area contributed by atoms with E-state index >= 15 is 0 Å². The molecule has 9 heteroatoms. The van der Waals surface area contributed by atoms with Crippen LogP contribution < -0.4 is 0 Å². The summed E-state index contributed by atoms with van der Waals surface area (Å²) in [5.74, 6) is -0.110. The number of hydrogen-bond acceptors (Lipinski definition) is 3. The summed E-state index contributed by atoms with van der Waals surface area (Å²) in [6.07, 6.45) is -1.97. The molecule has 0 saturated carbocycles. The lowest BCUT2D eigenvalue weighted by Crippen LogP contribution is -2.40. The number of nitrogens with zero attached hydrogens (tertiary/aromatic N) is 5. The van der Waals surface area contributed by atoms with E-state index in [1.165, 1.54) is 10.9 Å². The fourth-order valence-electron chi connectivity index (χ4n) is 3.58. The Morgan fingerprint density at radius 3 is 2.48 bits per heavy atom. The molecule has 6 nitrogen and oxygen atoms in total. The van der Waals surface area contributed by atoms with Gasteiger partial charge >= 0.3 is 6.18 Å². The fourth-order valence-corrected chi connectivity index (χ4v) is 3.58. The Balaban J connectivity index is 1.48. The Bertz CT molecular complexity index is 982. The molecule has 4 rings (SSSR count). The average molecular weight is 377 g/mol. The first-order valence-corrected chi connectivity index (χ1v) is 8.68. The van der Waals surface area contributed by atoms with Crippen molar-refractivity contribution in [3.63, 3.8) is 0 Å². The second-order valence-electron chi connectivity index (χ2n) is 6.69. The minimum Gasteiger partial charge on any atom is -0.337 e. The molecular weight excluding hydrogens is 359 g/mol. The molecule has 1 amide bonds. The molecule has 1 fully saturated rings. The Kier molecular flexibility index (Phi) is 4.16. The van der Waals surface area contributed by atoms with Gasteiger partial charge in [0.2, 0.25) is 0 Å². The van der Waals surface area contributed by atoms with Crippen LogP contribution in [0.1, 0.15) is 35.1 Å². The number of piperidine rings is 1. The van der Waals surface area contributed by atoms with Crippen LogP contribution in [0.4, 0.5) is 13.2 Å². The zero-order valence-corrected chi connectivity index (χ0v) is 14.6. The summed E-state index contributed by atoms with van der Waals surface area (Å²) in [6, 6.07) is 8.30. The van der Waals surface area contributed by atoms with Gasteiger partial charge in [0.15, 0.2) is 5.69 Å². The SMILES string of the molecule is Cn1nc2ccccc2c1C(=O)N1CCC(n2ccc(C(F)(F)F)n2)CC1. The fraction of sp³-hybridized carbons (Fsp3) is 0.389. The van der Waals surface area contributed by atoms with Gasteiger partial charge in [-0.2, -0.15) is 23.4 Å². The molecule has 3 heterocycles. The second-order valence-corrected chi connectivity index (χ2v) is 6.69. The zero-order chi connectivity index (χ0) is 19.2. The summed E-state index contributed by atoms with van der Waals surface area (Å²) in [5.41, 5.74) is 0.402. The maximum atomic E-state index is 13.0. The number of carbonyl (C=O) groups is 1. The second kappa shape index (κ2) is 6.40. The van der Waals surface area contributed by atoms with Crippen molar-refractivity contribution in [1.82, 2.24) is 24.5 Å². The Morgan fingerprint density at radius 1 is 1.11 bits per heavy atom. The molecule has 3 aromatic rings. The van der Waals surface area contributed by atoms with Gasteiger partial charge in [-0.25, -0.2) is 0 Å². The number of aromatic nitrogens is 4. The normalized spacial score (nSPS) is 16.2. The predicted octanol–water partition coefficient (Wildman–Crippen LogP) is 3.27. The van der Waals surface area contributed by atoms with E-state index in [-0.39, 0.29) is 11.9 Å². The molecule has 2 aromatic heterocycles. The number of likely N-dealkylation sites (tertiary alicyclic amines) is 1. The van der Waals surface area contributed by atoms with Crippen LogP contribution in [0.15, 0.2) is 36.5 Å². The summed E-state index contributed by atoms with van der Waals surface area (Å²) in [4.78, 5) is 14.7. The minimum absolute atomic E-state index is 0.110. The van der Waals surface area contributed by atoms with Crippen molar-refractivity contribution >= 4 is 16.8 Å². The molecule has 1 aromatic carbocycles. The first-order chi connectivity index (χ1) is 12.8.